The summed E-state index contributed by atoms with van der Waals surface area (Å²) in [6.07, 6.45) is 0.0182. The molecule has 0 saturated carbocycles. The van der Waals surface area contributed by atoms with Crippen molar-refractivity contribution in [3.63, 3.8) is 0 Å². The van der Waals surface area contributed by atoms with Gasteiger partial charge in [0.25, 0.3) is 0 Å². The maximum Gasteiger partial charge on any atom is 0.339 e. The van der Waals surface area contributed by atoms with E-state index in [1.165, 1.54) is 18.9 Å². The molecule has 0 aliphatic rings. The smallest absolute Gasteiger partial charge is 0.339 e. The highest BCUT2D eigenvalue weighted by atomic mass is 79.9. The Morgan fingerprint density at radius 1 is 1.14 bits per heavy atom. The fourth-order valence-electron chi connectivity index (χ4n) is 1.82. The van der Waals surface area contributed by atoms with E-state index in [4.69, 9.17) is 9.84 Å². The Hall–Kier alpha value is -1.79. The first-order chi connectivity index (χ1) is 10.5. The number of benzene rings is 2. The molecule has 4 nitrogen and oxygen atoms in total. The molecular weight excluding hydrogens is 368 g/mol. The number of hydrogen-bond acceptors (Lipinski definition) is 4. The molecule has 0 aliphatic heterocycles. The van der Waals surface area contributed by atoms with Gasteiger partial charge in [-0.15, -0.1) is 0 Å². The zero-order chi connectivity index (χ0) is 16.1. The molecule has 1 N–H and O–H groups in total. The van der Waals surface area contributed by atoms with Gasteiger partial charge in [-0.2, -0.15) is 0 Å². The Morgan fingerprint density at radius 3 is 2.32 bits per heavy atom. The Morgan fingerprint density at radius 2 is 1.77 bits per heavy atom. The molecule has 114 valence electrons. The van der Waals surface area contributed by atoms with E-state index in [-0.39, 0.29) is 12.4 Å². The van der Waals surface area contributed by atoms with Crippen molar-refractivity contribution >= 4 is 39.6 Å². The third kappa shape index (κ3) is 4.35. The van der Waals surface area contributed by atoms with Gasteiger partial charge in [0.15, 0.2) is 0 Å². The number of aliphatic carboxylic acids is 1. The summed E-state index contributed by atoms with van der Waals surface area (Å²) < 4.78 is 5.37. The lowest BCUT2D eigenvalue weighted by atomic mass is 10.2. The van der Waals surface area contributed by atoms with Gasteiger partial charge in [-0.3, -0.25) is 4.79 Å². The molecule has 22 heavy (non-hydrogen) atoms. The van der Waals surface area contributed by atoms with E-state index in [9.17, 15) is 9.59 Å². The van der Waals surface area contributed by atoms with Crippen molar-refractivity contribution in [2.75, 3.05) is 7.11 Å². The average molecular weight is 381 g/mol. The number of carbonyl (C=O) groups excluding carboxylic acids is 1. The van der Waals surface area contributed by atoms with Crippen molar-refractivity contribution in [3.8, 4) is 0 Å². The van der Waals surface area contributed by atoms with E-state index < -0.39 is 5.97 Å². The number of halogens is 1. The number of methoxy groups -OCH3 is 1. The number of hydrogen-bond donors (Lipinski definition) is 1. The molecule has 2 aromatic rings. The van der Waals surface area contributed by atoms with Crippen LogP contribution in [0.3, 0.4) is 0 Å². The second-order valence-electron chi connectivity index (χ2n) is 4.45. The normalized spacial score (nSPS) is 10.3. The van der Waals surface area contributed by atoms with Gasteiger partial charge in [-0.1, -0.05) is 23.9 Å². The maximum atomic E-state index is 11.5. The van der Waals surface area contributed by atoms with Crippen LogP contribution in [0.2, 0.25) is 0 Å². The largest absolute Gasteiger partial charge is 0.481 e. The second-order valence-corrected chi connectivity index (χ2v) is 6.45. The molecule has 0 aliphatic carbocycles. The van der Waals surface area contributed by atoms with Gasteiger partial charge in [0.2, 0.25) is 0 Å². The summed E-state index contributed by atoms with van der Waals surface area (Å²) in [5.41, 5.74) is 1.24. The zero-order valence-corrected chi connectivity index (χ0v) is 14.1. The summed E-state index contributed by atoms with van der Waals surface area (Å²) in [5, 5.41) is 8.74. The lowest BCUT2D eigenvalue weighted by molar-refractivity contribution is -0.136. The molecule has 0 radical (unpaired) electrons. The predicted octanol–water partition coefficient (Wildman–Crippen LogP) is 4.01. The minimum absolute atomic E-state index is 0.0182. The molecule has 0 unspecified atom stereocenters. The predicted molar refractivity (Wildman–Crippen MR) is 87.4 cm³/mol. The molecule has 0 spiro atoms. The van der Waals surface area contributed by atoms with E-state index in [1.807, 2.05) is 24.3 Å². The summed E-state index contributed by atoms with van der Waals surface area (Å²) in [5.74, 6) is -1.23. The second kappa shape index (κ2) is 7.47. The number of carbonyl (C=O) groups is 2. The Kier molecular flexibility index (Phi) is 5.63. The molecule has 0 aromatic heterocycles. The van der Waals surface area contributed by atoms with Crippen molar-refractivity contribution in [1.29, 1.82) is 0 Å². The van der Waals surface area contributed by atoms with Crippen molar-refractivity contribution in [1.82, 2.24) is 0 Å². The fraction of sp³-hybridized carbons (Fsp3) is 0.125. The number of rotatable bonds is 5. The lowest BCUT2D eigenvalue weighted by Crippen LogP contribution is -2.01. The van der Waals surface area contributed by atoms with Crippen LogP contribution in [-0.2, 0) is 16.0 Å². The van der Waals surface area contributed by atoms with E-state index in [0.29, 0.717) is 10.0 Å². The lowest BCUT2D eigenvalue weighted by Gasteiger charge is -2.06. The summed E-state index contributed by atoms with van der Waals surface area (Å²) in [6, 6.07) is 12.8. The van der Waals surface area contributed by atoms with Gasteiger partial charge in [0.1, 0.15) is 0 Å². The minimum atomic E-state index is -0.845. The first-order valence-corrected chi connectivity index (χ1v) is 7.97. The molecule has 0 bridgehead atoms. The summed E-state index contributed by atoms with van der Waals surface area (Å²) >= 11 is 4.89. The van der Waals surface area contributed by atoms with Crippen molar-refractivity contribution < 1.29 is 19.4 Å². The van der Waals surface area contributed by atoms with Crippen LogP contribution in [-0.4, -0.2) is 24.2 Å². The van der Waals surface area contributed by atoms with Crippen LogP contribution in [0.4, 0.5) is 0 Å². The van der Waals surface area contributed by atoms with Gasteiger partial charge in [-0.05, 0) is 51.8 Å². The molecule has 2 rings (SSSR count). The number of ether oxygens (including phenoxy) is 1. The van der Waals surface area contributed by atoms with E-state index in [1.54, 1.807) is 18.2 Å². The first kappa shape index (κ1) is 16.6. The monoisotopic (exact) mass is 380 g/mol. The summed E-state index contributed by atoms with van der Waals surface area (Å²) in [7, 11) is 1.34. The van der Waals surface area contributed by atoms with Crippen LogP contribution >= 0.6 is 27.7 Å². The molecule has 0 amide bonds. The fourth-order valence-corrected chi connectivity index (χ4v) is 3.37. The van der Waals surface area contributed by atoms with Crippen molar-refractivity contribution in [3.05, 3.63) is 58.1 Å². The van der Waals surface area contributed by atoms with Crippen LogP contribution in [0.5, 0.6) is 0 Å². The maximum absolute atomic E-state index is 11.5. The van der Waals surface area contributed by atoms with Gasteiger partial charge < -0.3 is 9.84 Å². The standard InChI is InChI=1S/C16H13BrO4S/c1-21-16(20)13-7-6-12(9-14(13)17)22-11-4-2-10(3-5-11)8-15(18)19/h2-7,9H,8H2,1H3,(H,18,19). The third-order valence-corrected chi connectivity index (χ3v) is 4.51. The zero-order valence-electron chi connectivity index (χ0n) is 11.7. The minimum Gasteiger partial charge on any atom is -0.481 e. The third-order valence-electron chi connectivity index (χ3n) is 2.86. The van der Waals surface area contributed by atoms with E-state index in [2.05, 4.69) is 15.9 Å². The molecule has 0 heterocycles. The molecule has 0 fully saturated rings. The quantitative estimate of drug-likeness (QED) is 0.793. The van der Waals surface area contributed by atoms with E-state index >= 15 is 0 Å². The molecule has 0 saturated heterocycles. The number of carboxylic acid groups (broad SMARTS) is 1. The van der Waals surface area contributed by atoms with Crippen LogP contribution in [0.1, 0.15) is 15.9 Å². The topological polar surface area (TPSA) is 63.6 Å². The Labute approximate surface area is 140 Å². The van der Waals surface area contributed by atoms with Gasteiger partial charge in [-0.25, -0.2) is 4.79 Å². The van der Waals surface area contributed by atoms with Gasteiger partial charge in [0, 0.05) is 14.3 Å². The Bertz CT molecular complexity index is 698. The summed E-state index contributed by atoms with van der Waals surface area (Å²) in [4.78, 5) is 24.1. The van der Waals surface area contributed by atoms with Crippen molar-refractivity contribution in [2.45, 2.75) is 16.2 Å². The highest BCUT2D eigenvalue weighted by Gasteiger charge is 2.11. The van der Waals surface area contributed by atoms with Gasteiger partial charge >= 0.3 is 11.9 Å². The SMILES string of the molecule is COC(=O)c1ccc(Sc2ccc(CC(=O)O)cc2)cc1Br. The number of carboxylic acids is 1. The highest BCUT2D eigenvalue weighted by molar-refractivity contribution is 9.10. The first-order valence-electron chi connectivity index (χ1n) is 6.36. The summed E-state index contributed by atoms with van der Waals surface area (Å²) in [6.45, 7) is 0. The molecular formula is C16H13BrO4S. The van der Waals surface area contributed by atoms with Crippen LogP contribution < -0.4 is 0 Å². The molecule has 0 atom stereocenters. The van der Waals surface area contributed by atoms with Crippen LogP contribution in [0, 0.1) is 0 Å². The van der Waals surface area contributed by atoms with E-state index in [0.717, 1.165) is 15.4 Å². The molecule has 2 aromatic carbocycles. The molecule has 6 heteroatoms. The highest BCUT2D eigenvalue weighted by Crippen LogP contribution is 2.31. The Balaban J connectivity index is 2.12. The van der Waals surface area contributed by atoms with Crippen molar-refractivity contribution in [2.24, 2.45) is 0 Å². The van der Waals surface area contributed by atoms with Gasteiger partial charge in [0.05, 0.1) is 19.1 Å². The average Bonchev–Trinajstić information content (AvgIpc) is 2.48. The van der Waals surface area contributed by atoms with Crippen LogP contribution in [0.25, 0.3) is 0 Å². The van der Waals surface area contributed by atoms with Crippen LogP contribution in [0.15, 0.2) is 56.7 Å². The number of esters is 1.